The summed E-state index contributed by atoms with van der Waals surface area (Å²) in [6.07, 6.45) is 0.482. The Kier molecular flexibility index (Phi) is 4.07. The number of ether oxygens (including phenoxy) is 1. The molecule has 0 aliphatic carbocycles. The van der Waals surface area contributed by atoms with Crippen LogP contribution in [-0.4, -0.2) is 10.7 Å². The van der Waals surface area contributed by atoms with E-state index in [0.29, 0.717) is 10.0 Å². The minimum atomic E-state index is -0.304. The van der Waals surface area contributed by atoms with Crippen LogP contribution in [0.3, 0.4) is 0 Å². The fraction of sp³-hybridized carbons (Fsp3) is 0.136. The Bertz CT molecular complexity index is 1030. The standard InChI is InChI=1S/C22H16Cl2N2O/c23-15-11-9-14(10-12-15)22-26-20(17-6-2-4-8-21(17)27-22)13-19(25-26)16-5-1-3-7-18(16)24/h1-12,20,22H,13H2/t20-,22-/m1/s1. The zero-order valence-electron chi connectivity index (χ0n) is 14.3. The van der Waals surface area contributed by atoms with Crippen LogP contribution in [0.5, 0.6) is 5.75 Å². The number of hydrazone groups is 1. The first-order valence-corrected chi connectivity index (χ1v) is 9.58. The van der Waals surface area contributed by atoms with Crippen LogP contribution in [0.4, 0.5) is 0 Å². The molecule has 5 rings (SSSR count). The molecule has 27 heavy (non-hydrogen) atoms. The third kappa shape index (κ3) is 2.88. The molecule has 2 heterocycles. The molecule has 0 fully saturated rings. The van der Waals surface area contributed by atoms with Crippen molar-refractivity contribution < 1.29 is 4.74 Å². The van der Waals surface area contributed by atoms with Gasteiger partial charge in [-0.1, -0.05) is 71.7 Å². The summed E-state index contributed by atoms with van der Waals surface area (Å²) in [6.45, 7) is 0. The molecule has 2 atom stereocenters. The Morgan fingerprint density at radius 3 is 2.44 bits per heavy atom. The maximum Gasteiger partial charge on any atom is 0.213 e. The molecule has 2 aliphatic heterocycles. The van der Waals surface area contributed by atoms with Crippen LogP contribution >= 0.6 is 23.2 Å². The quantitative estimate of drug-likeness (QED) is 0.513. The Labute approximate surface area is 167 Å². The summed E-state index contributed by atoms with van der Waals surface area (Å²) in [5.41, 5.74) is 4.11. The van der Waals surface area contributed by atoms with Gasteiger partial charge in [0.1, 0.15) is 5.75 Å². The number of para-hydroxylation sites is 1. The van der Waals surface area contributed by atoms with E-state index in [4.69, 9.17) is 33.0 Å². The number of hydrogen-bond acceptors (Lipinski definition) is 3. The minimum absolute atomic E-state index is 0.113. The molecule has 0 aromatic heterocycles. The molecule has 0 amide bonds. The van der Waals surface area contributed by atoms with Crippen molar-refractivity contribution in [1.82, 2.24) is 5.01 Å². The number of hydrogen-bond donors (Lipinski definition) is 0. The average Bonchev–Trinajstić information content (AvgIpc) is 3.14. The molecule has 0 N–H and O–H groups in total. The van der Waals surface area contributed by atoms with Crippen molar-refractivity contribution in [3.63, 3.8) is 0 Å². The van der Waals surface area contributed by atoms with Crippen molar-refractivity contribution in [2.45, 2.75) is 18.7 Å². The molecule has 0 unspecified atom stereocenters. The Morgan fingerprint density at radius 1 is 0.889 bits per heavy atom. The predicted molar refractivity (Wildman–Crippen MR) is 108 cm³/mol. The Morgan fingerprint density at radius 2 is 1.63 bits per heavy atom. The molecule has 0 bridgehead atoms. The van der Waals surface area contributed by atoms with E-state index in [-0.39, 0.29) is 12.3 Å². The molecule has 0 saturated carbocycles. The summed E-state index contributed by atoms with van der Waals surface area (Å²) >= 11 is 12.5. The molecule has 0 saturated heterocycles. The fourth-order valence-electron chi connectivity index (χ4n) is 3.74. The molecule has 3 aromatic carbocycles. The van der Waals surface area contributed by atoms with Crippen LogP contribution in [0, 0.1) is 0 Å². The van der Waals surface area contributed by atoms with E-state index >= 15 is 0 Å². The summed E-state index contributed by atoms with van der Waals surface area (Å²) in [7, 11) is 0. The van der Waals surface area contributed by atoms with Crippen LogP contribution in [0.15, 0.2) is 77.9 Å². The van der Waals surface area contributed by atoms with Crippen molar-refractivity contribution in [1.29, 1.82) is 0 Å². The summed E-state index contributed by atoms with van der Waals surface area (Å²) in [6, 6.07) is 23.8. The highest BCUT2D eigenvalue weighted by molar-refractivity contribution is 6.34. The van der Waals surface area contributed by atoms with E-state index < -0.39 is 0 Å². The lowest BCUT2D eigenvalue weighted by Gasteiger charge is -2.38. The fourth-order valence-corrected chi connectivity index (χ4v) is 4.11. The van der Waals surface area contributed by atoms with Crippen molar-refractivity contribution >= 4 is 28.9 Å². The van der Waals surface area contributed by atoms with Gasteiger partial charge >= 0.3 is 0 Å². The van der Waals surface area contributed by atoms with Gasteiger partial charge in [-0.15, -0.1) is 0 Å². The summed E-state index contributed by atoms with van der Waals surface area (Å²) in [5, 5.41) is 8.39. The zero-order chi connectivity index (χ0) is 18.4. The average molecular weight is 395 g/mol. The summed E-state index contributed by atoms with van der Waals surface area (Å²) in [4.78, 5) is 0. The maximum atomic E-state index is 6.43. The van der Waals surface area contributed by atoms with E-state index in [2.05, 4.69) is 6.07 Å². The van der Waals surface area contributed by atoms with Gasteiger partial charge in [0.05, 0.1) is 11.8 Å². The second kappa shape index (κ2) is 6.59. The second-order valence-electron chi connectivity index (χ2n) is 6.69. The molecule has 3 nitrogen and oxygen atoms in total. The molecular formula is C22H16Cl2N2O. The number of fused-ring (bicyclic) bond motifs is 3. The van der Waals surface area contributed by atoms with Gasteiger partial charge in [0.15, 0.2) is 0 Å². The lowest BCUT2D eigenvalue weighted by atomic mass is 9.96. The Hall–Kier alpha value is -2.49. The lowest BCUT2D eigenvalue weighted by molar-refractivity contribution is -0.0190. The third-order valence-corrected chi connectivity index (χ3v) is 5.62. The van der Waals surface area contributed by atoms with Gasteiger partial charge in [-0.25, -0.2) is 5.01 Å². The van der Waals surface area contributed by atoms with Gasteiger partial charge in [-0.3, -0.25) is 0 Å². The van der Waals surface area contributed by atoms with Gasteiger partial charge in [0, 0.05) is 33.2 Å². The van der Waals surface area contributed by atoms with Crippen molar-refractivity contribution in [3.8, 4) is 5.75 Å². The monoisotopic (exact) mass is 394 g/mol. The van der Waals surface area contributed by atoms with Crippen molar-refractivity contribution in [3.05, 3.63) is 99.5 Å². The summed E-state index contributed by atoms with van der Waals surface area (Å²) < 4.78 is 6.33. The minimum Gasteiger partial charge on any atom is -0.464 e. The largest absolute Gasteiger partial charge is 0.464 e. The number of benzene rings is 3. The van der Waals surface area contributed by atoms with Gasteiger partial charge in [0.25, 0.3) is 0 Å². The van der Waals surface area contributed by atoms with Crippen molar-refractivity contribution in [2.24, 2.45) is 5.10 Å². The predicted octanol–water partition coefficient (Wildman–Crippen LogP) is 6.24. The van der Waals surface area contributed by atoms with E-state index in [1.165, 1.54) is 0 Å². The summed E-state index contributed by atoms with van der Waals surface area (Å²) in [5.74, 6) is 0.898. The van der Waals surface area contributed by atoms with Crippen LogP contribution in [-0.2, 0) is 0 Å². The molecule has 5 heteroatoms. The molecule has 2 aliphatic rings. The van der Waals surface area contributed by atoms with Crippen LogP contribution < -0.4 is 4.74 Å². The highest BCUT2D eigenvalue weighted by Crippen LogP contribution is 2.47. The van der Waals surface area contributed by atoms with Gasteiger partial charge in [-0.2, -0.15) is 5.10 Å². The second-order valence-corrected chi connectivity index (χ2v) is 7.53. The maximum absolute atomic E-state index is 6.43. The number of nitrogens with zero attached hydrogens (tertiary/aromatic N) is 2. The van der Waals surface area contributed by atoms with Crippen molar-refractivity contribution in [2.75, 3.05) is 0 Å². The highest BCUT2D eigenvalue weighted by Gasteiger charge is 2.41. The van der Waals surface area contributed by atoms with E-state index in [9.17, 15) is 0 Å². The van der Waals surface area contributed by atoms with Gasteiger partial charge < -0.3 is 4.74 Å². The first-order valence-electron chi connectivity index (χ1n) is 8.82. The Balaban J connectivity index is 1.61. The number of halogens is 2. The molecule has 3 aromatic rings. The molecule has 0 radical (unpaired) electrons. The SMILES string of the molecule is Clc1ccc([C@H]2Oc3ccccc3[C@H]3CC(c4ccccc4Cl)=NN32)cc1. The topological polar surface area (TPSA) is 24.8 Å². The highest BCUT2D eigenvalue weighted by atomic mass is 35.5. The van der Waals surface area contributed by atoms with Crippen LogP contribution in [0.1, 0.15) is 35.4 Å². The van der Waals surface area contributed by atoms with Crippen LogP contribution in [0.2, 0.25) is 10.0 Å². The third-order valence-electron chi connectivity index (χ3n) is 5.04. The first-order chi connectivity index (χ1) is 13.2. The molecule has 0 spiro atoms. The van der Waals surface area contributed by atoms with E-state index in [1.807, 2.05) is 71.7 Å². The normalized spacial score (nSPS) is 20.5. The first kappa shape index (κ1) is 16.7. The molecular weight excluding hydrogens is 379 g/mol. The van der Waals surface area contributed by atoms with Gasteiger partial charge in [0.2, 0.25) is 6.23 Å². The van der Waals surface area contributed by atoms with Crippen LogP contribution in [0.25, 0.3) is 0 Å². The zero-order valence-corrected chi connectivity index (χ0v) is 15.9. The lowest BCUT2D eigenvalue weighted by Crippen LogP contribution is -2.33. The smallest absolute Gasteiger partial charge is 0.213 e. The van der Waals surface area contributed by atoms with Gasteiger partial charge in [-0.05, 0) is 24.3 Å². The van der Waals surface area contributed by atoms with E-state index in [1.54, 1.807) is 0 Å². The number of rotatable bonds is 2. The van der Waals surface area contributed by atoms with E-state index in [0.717, 1.165) is 34.6 Å². The molecule has 134 valence electrons.